The first-order valence-electron chi connectivity index (χ1n) is 12.9. The van der Waals surface area contributed by atoms with Crippen LogP contribution in [-0.2, 0) is 23.6 Å². The van der Waals surface area contributed by atoms with Crippen molar-refractivity contribution in [1.29, 1.82) is 0 Å². The largest absolute Gasteiger partial charge is 0.780 e. The Bertz CT molecular complexity index is 679. The lowest BCUT2D eigenvalue weighted by atomic mass is 10.1. The highest BCUT2D eigenvalue weighted by Gasteiger charge is 2.04. The highest BCUT2D eigenvalue weighted by molar-refractivity contribution is 8.06. The van der Waals surface area contributed by atoms with Gasteiger partial charge in [-0.05, 0) is 24.6 Å². The van der Waals surface area contributed by atoms with Crippen LogP contribution in [0.3, 0.4) is 0 Å². The molecule has 2 aromatic carbocycles. The van der Waals surface area contributed by atoms with E-state index in [1.807, 2.05) is 72.8 Å². The SMILES string of the molecule is CCCCCCCCCCCC[N+](C)(C)C.OP(O)(O)=S.[O-]P(O)(O)=S.c1ccccc1.c1ccccc1. The van der Waals surface area contributed by atoms with Gasteiger partial charge < -0.3 is 33.8 Å². The molecular formula is C27H51NO6P2S2. The molecule has 38 heavy (non-hydrogen) atoms. The van der Waals surface area contributed by atoms with Crippen molar-refractivity contribution in [2.75, 3.05) is 27.7 Å². The third kappa shape index (κ3) is 70.4. The molecule has 0 fully saturated rings. The molecule has 0 aromatic heterocycles. The third-order valence-electron chi connectivity index (χ3n) is 4.52. The van der Waals surface area contributed by atoms with E-state index in [0.717, 1.165) is 4.48 Å². The summed E-state index contributed by atoms with van der Waals surface area (Å²) in [5, 5.41) is 0. The van der Waals surface area contributed by atoms with Crippen LogP contribution in [0.2, 0.25) is 0 Å². The Morgan fingerprint density at radius 2 is 0.711 bits per heavy atom. The fourth-order valence-electron chi connectivity index (χ4n) is 2.84. The average molecular weight is 612 g/mol. The molecule has 0 aliphatic rings. The fraction of sp³-hybridized carbons (Fsp3) is 0.556. The van der Waals surface area contributed by atoms with Gasteiger partial charge in [0.2, 0.25) is 0 Å². The number of benzene rings is 2. The maximum atomic E-state index is 9.14. The van der Waals surface area contributed by atoms with Gasteiger partial charge in [0, 0.05) is 0 Å². The van der Waals surface area contributed by atoms with Gasteiger partial charge in [-0.15, -0.1) is 0 Å². The molecule has 0 unspecified atom stereocenters. The minimum absolute atomic E-state index is 1.12. The van der Waals surface area contributed by atoms with Crippen LogP contribution in [-0.4, -0.2) is 56.6 Å². The van der Waals surface area contributed by atoms with Crippen LogP contribution in [0.15, 0.2) is 72.8 Å². The van der Waals surface area contributed by atoms with Gasteiger partial charge in [0.15, 0.2) is 0 Å². The second-order valence-electron chi connectivity index (χ2n) is 9.51. The first-order valence-corrected chi connectivity index (χ1v) is 18.2. The van der Waals surface area contributed by atoms with E-state index in [1.165, 1.54) is 70.8 Å². The predicted octanol–water partition coefficient (Wildman–Crippen LogP) is 5.73. The normalized spacial score (nSPS) is 10.7. The number of rotatable bonds is 11. The Hall–Kier alpha value is -0.540. The molecule has 5 N–H and O–H groups in total. The Labute approximate surface area is 241 Å². The molecule has 0 aliphatic carbocycles. The summed E-state index contributed by atoms with van der Waals surface area (Å²) < 4.78 is 1.12. The van der Waals surface area contributed by atoms with Gasteiger partial charge in [-0.3, -0.25) is 0 Å². The van der Waals surface area contributed by atoms with E-state index in [4.69, 9.17) is 29.4 Å². The molecule has 0 aliphatic heterocycles. The van der Waals surface area contributed by atoms with Crippen LogP contribution in [0.4, 0.5) is 0 Å². The van der Waals surface area contributed by atoms with E-state index < -0.39 is 13.4 Å². The monoisotopic (exact) mass is 611 g/mol. The third-order valence-corrected chi connectivity index (χ3v) is 4.52. The number of hydrogen-bond donors (Lipinski definition) is 5. The molecule has 7 nitrogen and oxygen atoms in total. The summed E-state index contributed by atoms with van der Waals surface area (Å²) in [6.45, 7) is -4.25. The minimum atomic E-state index is -4.06. The maximum Gasteiger partial charge on any atom is 0.319 e. The molecule has 2 aromatic rings. The van der Waals surface area contributed by atoms with Gasteiger partial charge in [-0.1, -0.05) is 143 Å². The van der Waals surface area contributed by atoms with E-state index >= 15 is 0 Å². The quantitative estimate of drug-likeness (QED) is 0.124. The molecule has 2 rings (SSSR count). The highest BCUT2D eigenvalue weighted by Crippen LogP contribution is 2.26. The average Bonchev–Trinajstić information content (AvgIpc) is 2.81. The summed E-state index contributed by atoms with van der Waals surface area (Å²) in [5.74, 6) is 0. The summed E-state index contributed by atoms with van der Waals surface area (Å²) in [5.41, 5.74) is 0. The predicted molar refractivity (Wildman–Crippen MR) is 167 cm³/mol. The summed E-state index contributed by atoms with van der Waals surface area (Å²) in [6, 6.07) is 24.0. The maximum absolute atomic E-state index is 9.14. The number of hydrogen-bond acceptors (Lipinski definition) is 3. The van der Waals surface area contributed by atoms with Crippen molar-refractivity contribution in [1.82, 2.24) is 0 Å². The molecule has 0 spiro atoms. The molecule has 0 bridgehead atoms. The lowest BCUT2D eigenvalue weighted by Gasteiger charge is -2.23. The van der Waals surface area contributed by atoms with Gasteiger partial charge >= 0.3 is 6.72 Å². The summed E-state index contributed by atoms with van der Waals surface area (Å²) >= 11 is 7.10. The van der Waals surface area contributed by atoms with Crippen molar-refractivity contribution >= 4 is 37.1 Å². The van der Waals surface area contributed by atoms with Gasteiger partial charge in [0.05, 0.1) is 27.7 Å². The molecule has 0 saturated heterocycles. The topological polar surface area (TPSA) is 124 Å². The van der Waals surface area contributed by atoms with Crippen LogP contribution in [0.25, 0.3) is 0 Å². The van der Waals surface area contributed by atoms with Crippen molar-refractivity contribution in [3.05, 3.63) is 72.8 Å². The summed E-state index contributed by atoms with van der Waals surface area (Å²) in [7, 11) is 6.86. The van der Waals surface area contributed by atoms with Crippen molar-refractivity contribution < 1.29 is 33.8 Å². The van der Waals surface area contributed by atoms with Crippen molar-refractivity contribution in [2.24, 2.45) is 0 Å². The highest BCUT2D eigenvalue weighted by atomic mass is 32.5. The number of nitrogens with zero attached hydrogens (tertiary/aromatic N) is 1. The van der Waals surface area contributed by atoms with Crippen molar-refractivity contribution in [3.63, 3.8) is 0 Å². The van der Waals surface area contributed by atoms with E-state index in [1.54, 1.807) is 0 Å². The minimum Gasteiger partial charge on any atom is -0.780 e. The van der Waals surface area contributed by atoms with Gasteiger partial charge in [-0.2, -0.15) is 0 Å². The van der Waals surface area contributed by atoms with E-state index in [-0.39, 0.29) is 0 Å². The first kappa shape index (κ1) is 41.9. The second kappa shape index (κ2) is 28.0. The van der Waals surface area contributed by atoms with Crippen LogP contribution in [0.1, 0.15) is 71.1 Å². The van der Waals surface area contributed by atoms with Crippen LogP contribution < -0.4 is 4.89 Å². The van der Waals surface area contributed by atoms with Gasteiger partial charge in [0.1, 0.15) is 6.72 Å². The molecular weight excluding hydrogens is 560 g/mol. The fourth-order valence-corrected chi connectivity index (χ4v) is 2.84. The Balaban J connectivity index is -0.000000455. The summed E-state index contributed by atoms with van der Waals surface area (Å²) in [6.07, 6.45) is 14.4. The second-order valence-corrected chi connectivity index (χ2v) is 14.4. The van der Waals surface area contributed by atoms with E-state index in [0.29, 0.717) is 0 Å². The van der Waals surface area contributed by atoms with Crippen molar-refractivity contribution in [2.45, 2.75) is 71.1 Å². The molecule has 11 heteroatoms. The Morgan fingerprint density at radius 3 is 0.895 bits per heavy atom. The summed E-state index contributed by atoms with van der Waals surface area (Å²) in [4.78, 5) is 46.7. The Kier molecular flexibility index (Phi) is 30.9. The molecule has 0 radical (unpaired) electrons. The first-order chi connectivity index (χ1) is 17.6. The van der Waals surface area contributed by atoms with Gasteiger partial charge in [0.25, 0.3) is 0 Å². The van der Waals surface area contributed by atoms with Gasteiger partial charge in [-0.25, -0.2) is 0 Å². The number of quaternary nitrogens is 1. The van der Waals surface area contributed by atoms with Crippen LogP contribution in [0.5, 0.6) is 0 Å². The zero-order valence-corrected chi connectivity index (χ0v) is 26.9. The molecule has 0 heterocycles. The zero-order valence-electron chi connectivity index (χ0n) is 23.5. The number of unbranched alkanes of at least 4 members (excludes halogenated alkanes) is 9. The Morgan fingerprint density at radius 1 is 0.526 bits per heavy atom. The lowest BCUT2D eigenvalue weighted by Crippen LogP contribution is -2.35. The van der Waals surface area contributed by atoms with Crippen molar-refractivity contribution in [3.8, 4) is 0 Å². The van der Waals surface area contributed by atoms with E-state index in [2.05, 4.69) is 51.7 Å². The lowest BCUT2D eigenvalue weighted by molar-refractivity contribution is -0.870. The molecule has 0 saturated carbocycles. The zero-order chi connectivity index (χ0) is 29.8. The molecule has 0 amide bonds. The standard InChI is InChI=1S/C15H34N.2C6H6.2H3O3PS/c1-5-6-7-8-9-10-11-12-13-14-15-16(2,3)4;2*1-2-4-6-5-3-1;2*1-4(2,3)5/h5-15H2,1-4H3;2*1-6H;2*(H3,1,2,3,5)/q+1;;;;/p-1. The molecule has 0 atom stereocenters. The van der Waals surface area contributed by atoms with E-state index in [9.17, 15) is 0 Å². The molecule has 222 valence electrons. The smallest absolute Gasteiger partial charge is 0.319 e. The van der Waals surface area contributed by atoms with Crippen LogP contribution >= 0.6 is 13.4 Å². The van der Waals surface area contributed by atoms with Crippen LogP contribution in [0, 0.1) is 0 Å².